The van der Waals surface area contributed by atoms with Crippen LogP contribution < -0.4 is 19.7 Å². The molecule has 0 unspecified atom stereocenters. The molecule has 1 aliphatic rings. The Labute approximate surface area is 184 Å². The standard InChI is InChI=1S/C25H21FN2O4/c1-15-6-4-5-7-20(15)28-24(29)22(16-8-10-17(26)11-9-16)23(25(28)30)27-19-13-12-18(31-2)14-21(19)32-3/h4-14,27H,1-3H3. The zero-order chi connectivity index (χ0) is 22.8. The average Bonchev–Trinajstić information content (AvgIpc) is 3.04. The molecule has 0 aliphatic carbocycles. The third-order valence-corrected chi connectivity index (χ3v) is 5.24. The highest BCUT2D eigenvalue weighted by Gasteiger charge is 2.41. The Morgan fingerprint density at radius 3 is 2.25 bits per heavy atom. The van der Waals surface area contributed by atoms with E-state index in [1.54, 1.807) is 30.3 Å². The maximum atomic E-state index is 13.5. The zero-order valence-electron chi connectivity index (χ0n) is 17.8. The number of imide groups is 1. The molecule has 2 amide bonds. The van der Waals surface area contributed by atoms with Crippen molar-refractivity contribution in [2.45, 2.75) is 6.92 Å². The number of carbonyl (C=O) groups excluding carboxylic acids is 2. The van der Waals surface area contributed by atoms with Crippen LogP contribution in [0.5, 0.6) is 11.5 Å². The Hall–Kier alpha value is -4.13. The summed E-state index contributed by atoms with van der Waals surface area (Å²) in [7, 11) is 3.03. The predicted molar refractivity (Wildman–Crippen MR) is 120 cm³/mol. The highest BCUT2D eigenvalue weighted by molar-refractivity contribution is 6.46. The molecule has 4 rings (SSSR count). The summed E-state index contributed by atoms with van der Waals surface area (Å²) in [5.74, 6) is -0.430. The van der Waals surface area contributed by atoms with Gasteiger partial charge in [0.2, 0.25) is 0 Å². The number of amides is 2. The SMILES string of the molecule is COc1ccc(NC2=C(c3ccc(F)cc3)C(=O)N(c3ccccc3C)C2=O)c(OC)c1. The topological polar surface area (TPSA) is 67.9 Å². The average molecular weight is 432 g/mol. The van der Waals surface area contributed by atoms with Gasteiger partial charge < -0.3 is 14.8 Å². The van der Waals surface area contributed by atoms with Crippen molar-refractivity contribution in [1.29, 1.82) is 0 Å². The molecule has 0 saturated heterocycles. The van der Waals surface area contributed by atoms with Crippen LogP contribution in [0.2, 0.25) is 0 Å². The van der Waals surface area contributed by atoms with Crippen molar-refractivity contribution >= 4 is 28.8 Å². The summed E-state index contributed by atoms with van der Waals surface area (Å²) in [6.45, 7) is 1.82. The van der Waals surface area contributed by atoms with Gasteiger partial charge in [0.15, 0.2) is 0 Å². The van der Waals surface area contributed by atoms with Crippen molar-refractivity contribution in [3.05, 3.63) is 89.4 Å². The lowest BCUT2D eigenvalue weighted by Gasteiger charge is -2.18. The summed E-state index contributed by atoms with van der Waals surface area (Å²) in [5.41, 5.74) is 2.40. The van der Waals surface area contributed by atoms with Gasteiger partial charge in [-0.15, -0.1) is 0 Å². The van der Waals surface area contributed by atoms with Crippen molar-refractivity contribution in [2.75, 3.05) is 24.4 Å². The quantitative estimate of drug-likeness (QED) is 0.579. The molecule has 0 aromatic heterocycles. The molecule has 1 aliphatic heterocycles. The van der Waals surface area contributed by atoms with Gasteiger partial charge in [-0.2, -0.15) is 0 Å². The first-order valence-electron chi connectivity index (χ1n) is 9.88. The number of nitrogens with zero attached hydrogens (tertiary/aromatic N) is 1. The molecule has 3 aromatic rings. The van der Waals surface area contributed by atoms with Crippen LogP contribution in [-0.4, -0.2) is 26.0 Å². The predicted octanol–water partition coefficient (Wildman–Crippen LogP) is 4.55. The van der Waals surface area contributed by atoms with Crippen molar-refractivity contribution in [3.63, 3.8) is 0 Å². The third-order valence-electron chi connectivity index (χ3n) is 5.24. The van der Waals surface area contributed by atoms with E-state index in [0.29, 0.717) is 28.4 Å². The van der Waals surface area contributed by atoms with Gasteiger partial charge in [0.1, 0.15) is 23.0 Å². The molecular weight excluding hydrogens is 411 g/mol. The van der Waals surface area contributed by atoms with Crippen LogP contribution in [-0.2, 0) is 9.59 Å². The number of rotatable bonds is 6. The van der Waals surface area contributed by atoms with Crippen LogP contribution in [0.3, 0.4) is 0 Å². The van der Waals surface area contributed by atoms with Gasteiger partial charge in [0.25, 0.3) is 11.8 Å². The van der Waals surface area contributed by atoms with Crippen LogP contribution in [0.15, 0.2) is 72.4 Å². The Morgan fingerprint density at radius 2 is 1.59 bits per heavy atom. The Bertz CT molecular complexity index is 1230. The van der Waals surface area contributed by atoms with Gasteiger partial charge in [-0.25, -0.2) is 9.29 Å². The number of benzene rings is 3. The number of carbonyl (C=O) groups is 2. The first-order valence-corrected chi connectivity index (χ1v) is 9.88. The Kier molecular flexibility index (Phi) is 5.64. The number of anilines is 2. The molecule has 0 fully saturated rings. The van der Waals surface area contributed by atoms with E-state index in [2.05, 4.69) is 5.32 Å². The largest absolute Gasteiger partial charge is 0.497 e. The van der Waals surface area contributed by atoms with E-state index in [1.165, 1.54) is 38.5 Å². The van der Waals surface area contributed by atoms with Gasteiger partial charge >= 0.3 is 0 Å². The van der Waals surface area contributed by atoms with E-state index in [1.807, 2.05) is 19.1 Å². The first kappa shape index (κ1) is 21.1. The molecule has 0 atom stereocenters. The lowest BCUT2D eigenvalue weighted by molar-refractivity contribution is -0.120. The summed E-state index contributed by atoms with van der Waals surface area (Å²) >= 11 is 0. The maximum absolute atomic E-state index is 13.5. The minimum Gasteiger partial charge on any atom is -0.497 e. The molecule has 1 N–H and O–H groups in total. The number of nitrogens with one attached hydrogen (secondary N) is 1. The maximum Gasteiger partial charge on any atom is 0.282 e. The zero-order valence-corrected chi connectivity index (χ0v) is 17.8. The molecule has 6 nitrogen and oxygen atoms in total. The first-order chi connectivity index (χ1) is 15.4. The number of ether oxygens (including phenoxy) is 2. The van der Waals surface area contributed by atoms with Crippen molar-refractivity contribution in [1.82, 2.24) is 0 Å². The molecule has 162 valence electrons. The minimum absolute atomic E-state index is 0.0772. The van der Waals surface area contributed by atoms with Crippen LogP contribution in [0.1, 0.15) is 11.1 Å². The number of para-hydroxylation sites is 1. The molecule has 0 saturated carbocycles. The van der Waals surface area contributed by atoms with Crippen LogP contribution in [0, 0.1) is 12.7 Å². The van der Waals surface area contributed by atoms with Gasteiger partial charge in [0.05, 0.1) is 31.2 Å². The van der Waals surface area contributed by atoms with Gasteiger partial charge in [-0.1, -0.05) is 30.3 Å². The second-order valence-corrected chi connectivity index (χ2v) is 7.18. The fourth-order valence-electron chi connectivity index (χ4n) is 3.60. The third kappa shape index (κ3) is 3.69. The lowest BCUT2D eigenvalue weighted by Crippen LogP contribution is -2.33. The summed E-state index contributed by atoms with van der Waals surface area (Å²) in [5, 5.41) is 3.07. The highest BCUT2D eigenvalue weighted by atomic mass is 19.1. The molecule has 0 spiro atoms. The van der Waals surface area contributed by atoms with E-state index in [9.17, 15) is 14.0 Å². The summed E-state index contributed by atoms with van der Waals surface area (Å²) in [4.78, 5) is 28.1. The molecule has 1 heterocycles. The molecule has 0 bridgehead atoms. The van der Waals surface area contributed by atoms with E-state index in [-0.39, 0.29) is 11.3 Å². The summed E-state index contributed by atoms with van der Waals surface area (Å²) in [6, 6.07) is 17.7. The summed E-state index contributed by atoms with van der Waals surface area (Å²) < 4.78 is 24.2. The monoisotopic (exact) mass is 432 g/mol. The number of halogens is 1. The summed E-state index contributed by atoms with van der Waals surface area (Å²) in [6.07, 6.45) is 0. The molecule has 0 radical (unpaired) electrons. The smallest absolute Gasteiger partial charge is 0.282 e. The van der Waals surface area contributed by atoms with Crippen molar-refractivity contribution in [2.24, 2.45) is 0 Å². The van der Waals surface area contributed by atoms with Crippen molar-refractivity contribution in [3.8, 4) is 11.5 Å². The van der Waals surface area contributed by atoms with Crippen LogP contribution >= 0.6 is 0 Å². The fraction of sp³-hybridized carbons (Fsp3) is 0.120. The van der Waals surface area contributed by atoms with Gasteiger partial charge in [-0.3, -0.25) is 9.59 Å². The Balaban J connectivity index is 1.85. The second-order valence-electron chi connectivity index (χ2n) is 7.18. The number of aryl methyl sites for hydroxylation is 1. The second kappa shape index (κ2) is 8.55. The molecule has 3 aromatic carbocycles. The lowest BCUT2D eigenvalue weighted by atomic mass is 10.0. The number of hydrogen-bond donors (Lipinski definition) is 1. The molecule has 7 heteroatoms. The van der Waals surface area contributed by atoms with E-state index < -0.39 is 17.6 Å². The molecular formula is C25H21FN2O4. The van der Waals surface area contributed by atoms with E-state index in [0.717, 1.165) is 10.5 Å². The van der Waals surface area contributed by atoms with E-state index in [4.69, 9.17) is 9.47 Å². The van der Waals surface area contributed by atoms with E-state index >= 15 is 0 Å². The number of hydrogen-bond acceptors (Lipinski definition) is 5. The van der Waals surface area contributed by atoms with Crippen LogP contribution in [0.4, 0.5) is 15.8 Å². The van der Waals surface area contributed by atoms with Gasteiger partial charge in [-0.05, 0) is 48.4 Å². The van der Waals surface area contributed by atoms with Crippen LogP contribution in [0.25, 0.3) is 5.57 Å². The highest BCUT2D eigenvalue weighted by Crippen LogP contribution is 2.37. The fourth-order valence-corrected chi connectivity index (χ4v) is 3.60. The number of methoxy groups -OCH3 is 2. The Morgan fingerprint density at radius 1 is 0.875 bits per heavy atom. The normalized spacial score (nSPS) is 13.6. The van der Waals surface area contributed by atoms with Gasteiger partial charge in [0, 0.05) is 6.07 Å². The van der Waals surface area contributed by atoms with Crippen molar-refractivity contribution < 1.29 is 23.5 Å². The minimum atomic E-state index is -0.513. The molecule has 32 heavy (non-hydrogen) atoms.